The second-order valence-electron chi connectivity index (χ2n) is 3.62. The van der Waals surface area contributed by atoms with Gasteiger partial charge in [0.05, 0.1) is 0 Å². The molecule has 0 aromatic rings. The molecule has 0 amide bonds. The summed E-state index contributed by atoms with van der Waals surface area (Å²) in [6.07, 6.45) is 3.38. The van der Waals surface area contributed by atoms with Crippen LogP contribution in [0.2, 0.25) is 0 Å². The summed E-state index contributed by atoms with van der Waals surface area (Å²) in [6, 6.07) is 0.317. The van der Waals surface area contributed by atoms with Gasteiger partial charge in [-0.05, 0) is 25.2 Å². The first-order chi connectivity index (χ1) is 5.63. The van der Waals surface area contributed by atoms with Gasteiger partial charge in [0.15, 0.2) is 0 Å². The molecule has 70 valence electrons. The zero-order valence-electron chi connectivity index (χ0n) is 6.74. The SMILES string of the molecule is O=S(=O)(CBr)N1CC2CCC1C2. The maximum atomic E-state index is 11.5. The van der Waals surface area contributed by atoms with Gasteiger partial charge < -0.3 is 0 Å². The largest absolute Gasteiger partial charge is 0.224 e. The Morgan fingerprint density at radius 3 is 2.58 bits per heavy atom. The fourth-order valence-electron chi connectivity index (χ4n) is 2.28. The summed E-state index contributed by atoms with van der Waals surface area (Å²) in [4.78, 5) is 0. The normalized spacial score (nSPS) is 36.1. The number of piperidine rings is 1. The first-order valence-electron chi connectivity index (χ1n) is 4.19. The van der Waals surface area contributed by atoms with Crippen LogP contribution in [0.3, 0.4) is 0 Å². The Balaban J connectivity index is 2.17. The van der Waals surface area contributed by atoms with Crippen LogP contribution in [-0.4, -0.2) is 30.0 Å². The summed E-state index contributed by atoms with van der Waals surface area (Å²) < 4.78 is 24.7. The predicted molar refractivity (Wildman–Crippen MR) is 50.5 cm³/mol. The van der Waals surface area contributed by atoms with Crippen molar-refractivity contribution in [1.29, 1.82) is 0 Å². The number of hydrogen-bond donors (Lipinski definition) is 0. The third kappa shape index (κ3) is 1.32. The minimum atomic E-state index is -2.98. The van der Waals surface area contributed by atoms with Crippen molar-refractivity contribution in [3.63, 3.8) is 0 Å². The molecule has 3 nitrogen and oxygen atoms in total. The molecule has 2 aliphatic rings. The van der Waals surface area contributed by atoms with E-state index in [0.717, 1.165) is 19.4 Å². The lowest BCUT2D eigenvalue weighted by Crippen LogP contribution is -2.38. The number of sulfonamides is 1. The maximum Gasteiger partial charge on any atom is 0.224 e. The Kier molecular flexibility index (Phi) is 2.21. The summed E-state index contributed by atoms with van der Waals surface area (Å²) in [5.74, 6) is 0.642. The van der Waals surface area contributed by atoms with E-state index in [1.165, 1.54) is 6.42 Å². The molecule has 2 fully saturated rings. The van der Waals surface area contributed by atoms with Crippen LogP contribution in [0.4, 0.5) is 0 Å². The zero-order valence-corrected chi connectivity index (χ0v) is 9.14. The second-order valence-corrected chi connectivity index (χ2v) is 6.85. The number of nitrogens with zero attached hydrogens (tertiary/aromatic N) is 1. The van der Waals surface area contributed by atoms with Gasteiger partial charge in [0.2, 0.25) is 10.0 Å². The van der Waals surface area contributed by atoms with Crippen LogP contribution in [0.25, 0.3) is 0 Å². The van der Waals surface area contributed by atoms with Gasteiger partial charge in [0.1, 0.15) is 4.66 Å². The quantitative estimate of drug-likeness (QED) is 0.693. The van der Waals surface area contributed by atoms with E-state index in [1.807, 2.05) is 0 Å². The third-order valence-corrected chi connectivity index (χ3v) is 6.03. The number of halogens is 1. The molecule has 2 unspecified atom stereocenters. The number of fused-ring (bicyclic) bond motifs is 2. The van der Waals surface area contributed by atoms with Crippen LogP contribution in [0, 0.1) is 5.92 Å². The average Bonchev–Trinajstić information content (AvgIpc) is 2.64. The molecule has 1 saturated carbocycles. The van der Waals surface area contributed by atoms with Crippen molar-refractivity contribution in [1.82, 2.24) is 4.31 Å². The molecular formula is C7H12BrNO2S. The van der Waals surface area contributed by atoms with E-state index < -0.39 is 10.0 Å². The molecule has 2 atom stereocenters. The van der Waals surface area contributed by atoms with E-state index in [9.17, 15) is 8.42 Å². The fourth-order valence-corrected chi connectivity index (χ4v) is 4.28. The summed E-state index contributed by atoms with van der Waals surface area (Å²) in [5, 5.41) is 0. The Labute approximate surface area is 81.3 Å². The van der Waals surface area contributed by atoms with Crippen LogP contribution >= 0.6 is 15.9 Å². The molecule has 0 radical (unpaired) electrons. The van der Waals surface area contributed by atoms with E-state index in [-0.39, 0.29) is 4.66 Å². The zero-order chi connectivity index (χ0) is 8.77. The van der Waals surface area contributed by atoms with Gasteiger partial charge in [0, 0.05) is 12.6 Å². The van der Waals surface area contributed by atoms with E-state index >= 15 is 0 Å². The highest BCUT2D eigenvalue weighted by molar-refractivity contribution is 9.10. The summed E-state index contributed by atoms with van der Waals surface area (Å²) in [5.41, 5.74) is 0. The minimum Gasteiger partial charge on any atom is -0.211 e. The predicted octanol–water partition coefficient (Wildman–Crippen LogP) is 1.15. The highest BCUT2D eigenvalue weighted by atomic mass is 79.9. The summed E-state index contributed by atoms with van der Waals surface area (Å²) >= 11 is 3.02. The van der Waals surface area contributed by atoms with Gasteiger partial charge in [-0.2, -0.15) is 4.31 Å². The van der Waals surface area contributed by atoms with Gasteiger partial charge in [-0.25, -0.2) is 8.42 Å². The van der Waals surface area contributed by atoms with Crippen LogP contribution in [-0.2, 0) is 10.0 Å². The highest BCUT2D eigenvalue weighted by Crippen LogP contribution is 2.39. The Hall–Kier alpha value is 0.390. The molecule has 5 heteroatoms. The van der Waals surface area contributed by atoms with Gasteiger partial charge in [-0.15, -0.1) is 0 Å². The van der Waals surface area contributed by atoms with E-state index in [2.05, 4.69) is 15.9 Å². The topological polar surface area (TPSA) is 37.4 Å². The van der Waals surface area contributed by atoms with Crippen LogP contribution in [0.15, 0.2) is 0 Å². The van der Waals surface area contributed by atoms with Crippen LogP contribution in [0.5, 0.6) is 0 Å². The van der Waals surface area contributed by atoms with Crippen LogP contribution < -0.4 is 0 Å². The number of alkyl halides is 1. The molecule has 0 aromatic carbocycles. The third-order valence-electron chi connectivity index (χ3n) is 2.85. The summed E-state index contributed by atoms with van der Waals surface area (Å²) in [7, 11) is -2.98. The molecule has 1 saturated heterocycles. The lowest BCUT2D eigenvalue weighted by molar-refractivity contribution is 0.335. The fraction of sp³-hybridized carbons (Fsp3) is 1.00. The first-order valence-corrected chi connectivity index (χ1v) is 6.92. The lowest BCUT2D eigenvalue weighted by Gasteiger charge is -2.24. The Bertz CT molecular complexity index is 277. The molecule has 2 rings (SSSR count). The Morgan fingerprint density at radius 1 is 1.42 bits per heavy atom. The van der Waals surface area contributed by atoms with E-state index in [1.54, 1.807) is 4.31 Å². The van der Waals surface area contributed by atoms with Crippen molar-refractivity contribution in [3.8, 4) is 0 Å². The Morgan fingerprint density at radius 2 is 2.17 bits per heavy atom. The average molecular weight is 254 g/mol. The van der Waals surface area contributed by atoms with Crippen molar-refractivity contribution >= 4 is 26.0 Å². The first kappa shape index (κ1) is 8.97. The molecule has 2 bridgehead atoms. The van der Waals surface area contributed by atoms with Gasteiger partial charge in [0.25, 0.3) is 0 Å². The van der Waals surface area contributed by atoms with Gasteiger partial charge in [-0.1, -0.05) is 15.9 Å². The molecule has 1 heterocycles. The molecule has 1 aliphatic heterocycles. The molecule has 12 heavy (non-hydrogen) atoms. The highest BCUT2D eigenvalue weighted by Gasteiger charge is 2.43. The standard InChI is InChI=1S/C7H12BrNO2S/c8-5-12(10,11)9-4-6-1-2-7(9)3-6/h6-7H,1-5H2. The van der Waals surface area contributed by atoms with Crippen LogP contribution in [0.1, 0.15) is 19.3 Å². The van der Waals surface area contributed by atoms with Crippen molar-refractivity contribution in [2.45, 2.75) is 25.3 Å². The minimum absolute atomic E-state index is 0.0726. The lowest BCUT2D eigenvalue weighted by atomic mass is 10.1. The smallest absolute Gasteiger partial charge is 0.211 e. The van der Waals surface area contributed by atoms with E-state index in [4.69, 9.17) is 0 Å². The molecule has 0 spiro atoms. The molecular weight excluding hydrogens is 242 g/mol. The van der Waals surface area contributed by atoms with Crippen molar-refractivity contribution in [2.24, 2.45) is 5.92 Å². The van der Waals surface area contributed by atoms with Crippen molar-refractivity contribution in [2.75, 3.05) is 11.2 Å². The number of hydrogen-bond acceptors (Lipinski definition) is 2. The molecule has 1 aliphatic carbocycles. The second kappa shape index (κ2) is 2.96. The van der Waals surface area contributed by atoms with Gasteiger partial charge >= 0.3 is 0 Å². The van der Waals surface area contributed by atoms with Crippen molar-refractivity contribution < 1.29 is 8.42 Å². The maximum absolute atomic E-state index is 11.5. The van der Waals surface area contributed by atoms with E-state index in [0.29, 0.717) is 12.0 Å². The van der Waals surface area contributed by atoms with Gasteiger partial charge in [-0.3, -0.25) is 0 Å². The molecule has 0 aromatic heterocycles. The molecule has 0 N–H and O–H groups in total. The number of rotatable bonds is 2. The van der Waals surface area contributed by atoms with Crippen molar-refractivity contribution in [3.05, 3.63) is 0 Å². The summed E-state index contributed by atoms with van der Waals surface area (Å²) in [6.45, 7) is 0.763. The monoisotopic (exact) mass is 253 g/mol.